The number of anilines is 1. The average molecular weight is 485 g/mol. The van der Waals surface area contributed by atoms with E-state index in [-0.39, 0.29) is 36.5 Å². The number of alkyl halides is 3. The molecule has 0 aromatic heterocycles. The number of benzene rings is 2. The minimum Gasteiger partial charge on any atom is -0.486 e. The second kappa shape index (κ2) is 9.10. The largest absolute Gasteiger partial charge is 0.486 e. The molecule has 12 heteroatoms. The lowest BCUT2D eigenvalue weighted by Gasteiger charge is -2.31. The predicted molar refractivity (Wildman–Crippen MR) is 112 cm³/mol. The van der Waals surface area contributed by atoms with Gasteiger partial charge in [0.1, 0.15) is 13.2 Å². The van der Waals surface area contributed by atoms with Crippen LogP contribution < -0.4 is 20.3 Å². The molecule has 0 spiro atoms. The fraction of sp³-hybridized carbons (Fsp3) is 0.381. The maximum absolute atomic E-state index is 13.1. The number of halogens is 3. The molecule has 0 atom stereocenters. The van der Waals surface area contributed by atoms with Crippen LogP contribution in [0.2, 0.25) is 0 Å². The smallest absolute Gasteiger partial charge is 0.418 e. The van der Waals surface area contributed by atoms with Gasteiger partial charge in [-0.15, -0.1) is 0 Å². The van der Waals surface area contributed by atoms with Gasteiger partial charge >= 0.3 is 6.18 Å². The highest BCUT2D eigenvalue weighted by atomic mass is 32.2. The standard InChI is InChI=1S/C21H22F3N3O5S/c22-21(23,24)16-3-1-2-4-17(16)25-26-20(28)14-7-9-27(10-8-14)33(29,30)15-5-6-18-19(13-15)32-12-11-31-18/h1-6,13-14,25H,7-12H2,(H,26,28). The molecule has 1 fully saturated rings. The van der Waals surface area contributed by atoms with Crippen LogP contribution in [0.25, 0.3) is 0 Å². The number of fused-ring (bicyclic) bond motifs is 1. The molecule has 2 heterocycles. The molecule has 178 valence electrons. The minimum absolute atomic E-state index is 0.0695. The van der Waals surface area contributed by atoms with Gasteiger partial charge in [0.2, 0.25) is 15.9 Å². The third-order valence-corrected chi connectivity index (χ3v) is 7.42. The molecule has 2 aromatic carbocycles. The zero-order valence-electron chi connectivity index (χ0n) is 17.4. The van der Waals surface area contributed by atoms with E-state index in [1.54, 1.807) is 6.07 Å². The van der Waals surface area contributed by atoms with E-state index in [0.717, 1.165) is 6.07 Å². The van der Waals surface area contributed by atoms with Gasteiger partial charge in [0, 0.05) is 25.1 Å². The van der Waals surface area contributed by atoms with Crippen LogP contribution in [0.15, 0.2) is 47.4 Å². The zero-order chi connectivity index (χ0) is 23.6. The lowest BCUT2D eigenvalue weighted by molar-refractivity contribution is -0.137. The first-order valence-electron chi connectivity index (χ1n) is 10.3. The normalized spacial score (nSPS) is 17.4. The van der Waals surface area contributed by atoms with E-state index >= 15 is 0 Å². The molecule has 0 radical (unpaired) electrons. The Bertz CT molecular complexity index is 1130. The summed E-state index contributed by atoms with van der Waals surface area (Å²) in [6.07, 6.45) is -4.10. The van der Waals surface area contributed by atoms with Crippen molar-refractivity contribution in [3.8, 4) is 11.5 Å². The fourth-order valence-corrected chi connectivity index (χ4v) is 5.25. The van der Waals surface area contributed by atoms with Crippen LogP contribution in [0, 0.1) is 5.92 Å². The van der Waals surface area contributed by atoms with E-state index < -0.39 is 33.6 Å². The van der Waals surface area contributed by atoms with Gasteiger partial charge in [-0.2, -0.15) is 17.5 Å². The number of sulfonamides is 1. The Hall–Kier alpha value is -2.99. The predicted octanol–water partition coefficient (Wildman–Crippen LogP) is 3.02. The van der Waals surface area contributed by atoms with Gasteiger partial charge in [0.15, 0.2) is 11.5 Å². The van der Waals surface area contributed by atoms with Gasteiger partial charge in [-0.1, -0.05) is 12.1 Å². The number of para-hydroxylation sites is 1. The molecule has 0 saturated carbocycles. The van der Waals surface area contributed by atoms with Crippen LogP contribution in [-0.2, 0) is 21.0 Å². The number of ether oxygens (including phenoxy) is 2. The van der Waals surface area contributed by atoms with Crippen molar-refractivity contribution in [3.63, 3.8) is 0 Å². The molecule has 0 bridgehead atoms. The third-order valence-electron chi connectivity index (χ3n) is 5.53. The van der Waals surface area contributed by atoms with E-state index in [1.165, 1.54) is 34.6 Å². The van der Waals surface area contributed by atoms with E-state index in [0.29, 0.717) is 24.7 Å². The number of nitrogens with one attached hydrogen (secondary N) is 2. The molecule has 8 nitrogen and oxygen atoms in total. The van der Waals surface area contributed by atoms with Gasteiger partial charge in [0.25, 0.3) is 0 Å². The van der Waals surface area contributed by atoms with E-state index in [2.05, 4.69) is 10.9 Å². The Morgan fingerprint density at radius 1 is 1.00 bits per heavy atom. The second-order valence-corrected chi connectivity index (χ2v) is 9.58. The number of piperidine rings is 1. The minimum atomic E-state index is -4.57. The molecule has 0 aliphatic carbocycles. The summed E-state index contributed by atoms with van der Waals surface area (Å²) < 4.78 is 77.4. The summed E-state index contributed by atoms with van der Waals surface area (Å²) in [7, 11) is -3.80. The van der Waals surface area contributed by atoms with Crippen molar-refractivity contribution in [1.29, 1.82) is 0 Å². The highest BCUT2D eigenvalue weighted by Gasteiger charge is 2.35. The van der Waals surface area contributed by atoms with Crippen molar-refractivity contribution >= 4 is 21.6 Å². The average Bonchev–Trinajstić information content (AvgIpc) is 2.82. The van der Waals surface area contributed by atoms with Crippen molar-refractivity contribution in [2.75, 3.05) is 31.7 Å². The van der Waals surface area contributed by atoms with Crippen molar-refractivity contribution < 1.29 is 35.9 Å². The Kier molecular flexibility index (Phi) is 6.39. The molecule has 4 rings (SSSR count). The maximum atomic E-state index is 13.1. The Morgan fingerprint density at radius 2 is 1.67 bits per heavy atom. The van der Waals surface area contributed by atoms with E-state index in [4.69, 9.17) is 9.47 Å². The van der Waals surface area contributed by atoms with E-state index in [9.17, 15) is 26.4 Å². The molecule has 2 aliphatic rings. The van der Waals surface area contributed by atoms with Crippen molar-refractivity contribution in [3.05, 3.63) is 48.0 Å². The number of rotatable bonds is 5. The summed E-state index contributed by atoms with van der Waals surface area (Å²) in [5.74, 6) is -0.192. The highest BCUT2D eigenvalue weighted by Crippen LogP contribution is 2.35. The third kappa shape index (κ3) is 5.01. The van der Waals surface area contributed by atoms with Gasteiger partial charge in [0.05, 0.1) is 16.1 Å². The summed E-state index contributed by atoms with van der Waals surface area (Å²) in [5.41, 5.74) is 3.49. The second-order valence-electron chi connectivity index (χ2n) is 7.64. The van der Waals surface area contributed by atoms with Crippen LogP contribution in [0.4, 0.5) is 18.9 Å². The highest BCUT2D eigenvalue weighted by molar-refractivity contribution is 7.89. The number of carbonyl (C=O) groups is 1. The summed E-state index contributed by atoms with van der Waals surface area (Å²) in [5, 5.41) is 0. The molecule has 2 aliphatic heterocycles. The number of hydrazine groups is 1. The molecular weight excluding hydrogens is 463 g/mol. The molecule has 1 saturated heterocycles. The Balaban J connectivity index is 1.35. The van der Waals surface area contributed by atoms with Crippen molar-refractivity contribution in [2.45, 2.75) is 23.9 Å². The van der Waals surface area contributed by atoms with Crippen molar-refractivity contribution in [2.24, 2.45) is 5.92 Å². The van der Waals surface area contributed by atoms with Gasteiger partial charge < -0.3 is 9.47 Å². The quantitative estimate of drug-likeness (QED) is 0.632. The zero-order valence-corrected chi connectivity index (χ0v) is 18.2. The first-order valence-corrected chi connectivity index (χ1v) is 11.7. The summed E-state index contributed by atoms with van der Waals surface area (Å²) in [6.45, 7) is 0.936. The SMILES string of the molecule is O=C(NNc1ccccc1C(F)(F)F)C1CCN(S(=O)(=O)c2ccc3c(c2)OCCO3)CC1. The lowest BCUT2D eigenvalue weighted by Crippen LogP contribution is -2.44. The Labute approximate surface area is 188 Å². The number of nitrogens with zero attached hydrogens (tertiary/aromatic N) is 1. The van der Waals surface area contributed by atoms with Crippen LogP contribution in [0.1, 0.15) is 18.4 Å². The number of carbonyl (C=O) groups excluding carboxylic acids is 1. The topological polar surface area (TPSA) is 97.0 Å². The Morgan fingerprint density at radius 3 is 2.36 bits per heavy atom. The van der Waals surface area contributed by atoms with Crippen LogP contribution in [0.5, 0.6) is 11.5 Å². The maximum Gasteiger partial charge on any atom is 0.418 e. The van der Waals surface area contributed by atoms with Crippen LogP contribution in [0.3, 0.4) is 0 Å². The lowest BCUT2D eigenvalue weighted by atomic mass is 9.97. The molecular formula is C21H22F3N3O5S. The van der Waals surface area contributed by atoms with E-state index in [1.807, 2.05) is 0 Å². The number of hydrogen-bond acceptors (Lipinski definition) is 6. The fourth-order valence-electron chi connectivity index (χ4n) is 3.76. The van der Waals surface area contributed by atoms with Gasteiger partial charge in [-0.3, -0.25) is 15.6 Å². The first-order chi connectivity index (χ1) is 15.7. The number of amides is 1. The molecule has 1 amide bonds. The van der Waals surface area contributed by atoms with Gasteiger partial charge in [-0.25, -0.2) is 8.42 Å². The summed E-state index contributed by atoms with van der Waals surface area (Å²) >= 11 is 0. The summed E-state index contributed by atoms with van der Waals surface area (Å²) in [6, 6.07) is 9.22. The first kappa shape index (κ1) is 23.2. The summed E-state index contributed by atoms with van der Waals surface area (Å²) in [4.78, 5) is 12.5. The molecule has 0 unspecified atom stereocenters. The van der Waals surface area contributed by atoms with Crippen LogP contribution >= 0.6 is 0 Å². The number of hydrogen-bond donors (Lipinski definition) is 2. The molecule has 2 N–H and O–H groups in total. The van der Waals surface area contributed by atoms with Crippen molar-refractivity contribution in [1.82, 2.24) is 9.73 Å². The monoisotopic (exact) mass is 485 g/mol. The van der Waals surface area contributed by atoms with Crippen LogP contribution in [-0.4, -0.2) is 44.9 Å². The van der Waals surface area contributed by atoms with Gasteiger partial charge in [-0.05, 0) is 37.1 Å². The molecule has 33 heavy (non-hydrogen) atoms. The molecule has 2 aromatic rings.